The number of hydrogen-bond donors (Lipinski definition) is 1. The lowest BCUT2D eigenvalue weighted by Crippen LogP contribution is -2.47. The summed E-state index contributed by atoms with van der Waals surface area (Å²) in [6.07, 6.45) is 1.76. The van der Waals surface area contributed by atoms with Gasteiger partial charge in [-0.3, -0.25) is 9.59 Å². The number of likely N-dealkylation sites (tertiary alicyclic amines) is 1. The smallest absolute Gasteiger partial charge is 0.273 e. The van der Waals surface area contributed by atoms with E-state index in [1.54, 1.807) is 20.1 Å². The van der Waals surface area contributed by atoms with Crippen molar-refractivity contribution in [2.75, 3.05) is 20.2 Å². The number of aryl methyl sites for hydroxylation is 2. The monoisotopic (exact) mass is 371 g/mol. The van der Waals surface area contributed by atoms with E-state index in [0.29, 0.717) is 25.3 Å². The SMILES string of the molecule is COc1ccc(C)cc1CC(=O)N1CCC(NC(=O)c2cc(C)on2)CC1. The fourth-order valence-electron chi connectivity index (χ4n) is 3.33. The number of rotatable bonds is 5. The van der Waals surface area contributed by atoms with E-state index in [4.69, 9.17) is 9.26 Å². The van der Waals surface area contributed by atoms with E-state index < -0.39 is 0 Å². The Kier molecular flexibility index (Phi) is 5.78. The van der Waals surface area contributed by atoms with Gasteiger partial charge in [-0.1, -0.05) is 22.9 Å². The van der Waals surface area contributed by atoms with Crippen LogP contribution in [0.5, 0.6) is 5.75 Å². The number of hydrogen-bond acceptors (Lipinski definition) is 5. The first-order valence-corrected chi connectivity index (χ1v) is 9.11. The van der Waals surface area contributed by atoms with Crippen LogP contribution in [-0.4, -0.2) is 48.1 Å². The van der Waals surface area contributed by atoms with Crippen molar-refractivity contribution in [2.45, 2.75) is 39.2 Å². The van der Waals surface area contributed by atoms with E-state index in [0.717, 1.165) is 29.7 Å². The highest BCUT2D eigenvalue weighted by molar-refractivity contribution is 5.92. The van der Waals surface area contributed by atoms with Gasteiger partial charge in [-0.25, -0.2) is 0 Å². The third kappa shape index (κ3) is 4.67. The van der Waals surface area contributed by atoms with E-state index in [-0.39, 0.29) is 23.6 Å². The minimum atomic E-state index is -0.235. The van der Waals surface area contributed by atoms with Gasteiger partial charge in [0, 0.05) is 30.8 Å². The van der Waals surface area contributed by atoms with Crippen LogP contribution in [0.2, 0.25) is 0 Å². The molecule has 1 aromatic carbocycles. The van der Waals surface area contributed by atoms with Crippen molar-refractivity contribution in [1.82, 2.24) is 15.4 Å². The molecule has 27 heavy (non-hydrogen) atoms. The number of nitrogens with one attached hydrogen (secondary N) is 1. The first kappa shape index (κ1) is 18.9. The molecule has 2 aromatic rings. The molecule has 144 valence electrons. The molecule has 0 bridgehead atoms. The number of piperidine rings is 1. The molecule has 0 radical (unpaired) electrons. The van der Waals surface area contributed by atoms with Gasteiger partial charge in [0.25, 0.3) is 5.91 Å². The van der Waals surface area contributed by atoms with Gasteiger partial charge in [0.1, 0.15) is 11.5 Å². The molecular formula is C20H25N3O4. The van der Waals surface area contributed by atoms with Gasteiger partial charge in [-0.05, 0) is 32.8 Å². The van der Waals surface area contributed by atoms with Crippen LogP contribution in [0.15, 0.2) is 28.8 Å². The second-order valence-corrected chi connectivity index (χ2v) is 6.94. The van der Waals surface area contributed by atoms with Crippen LogP contribution in [0.25, 0.3) is 0 Å². The van der Waals surface area contributed by atoms with Gasteiger partial charge in [0.2, 0.25) is 5.91 Å². The second kappa shape index (κ2) is 8.24. The number of benzene rings is 1. The van der Waals surface area contributed by atoms with E-state index in [9.17, 15) is 9.59 Å². The largest absolute Gasteiger partial charge is 0.496 e. The zero-order valence-corrected chi connectivity index (χ0v) is 15.9. The molecule has 1 N–H and O–H groups in total. The summed E-state index contributed by atoms with van der Waals surface area (Å²) in [5, 5.41) is 6.70. The Labute approximate surface area is 158 Å². The van der Waals surface area contributed by atoms with Gasteiger partial charge in [-0.15, -0.1) is 0 Å². The zero-order chi connectivity index (χ0) is 19.4. The summed E-state index contributed by atoms with van der Waals surface area (Å²) in [6, 6.07) is 7.50. The summed E-state index contributed by atoms with van der Waals surface area (Å²) >= 11 is 0. The molecule has 1 saturated heterocycles. The zero-order valence-electron chi connectivity index (χ0n) is 15.9. The van der Waals surface area contributed by atoms with Gasteiger partial charge < -0.3 is 19.5 Å². The lowest BCUT2D eigenvalue weighted by atomic mass is 10.0. The van der Waals surface area contributed by atoms with Crippen LogP contribution in [0.3, 0.4) is 0 Å². The quantitative estimate of drug-likeness (QED) is 0.871. The van der Waals surface area contributed by atoms with Gasteiger partial charge in [0.05, 0.1) is 13.5 Å². The van der Waals surface area contributed by atoms with E-state index >= 15 is 0 Å². The summed E-state index contributed by atoms with van der Waals surface area (Å²) < 4.78 is 10.3. The Hall–Kier alpha value is -2.83. The molecule has 1 aliphatic heterocycles. The molecule has 0 atom stereocenters. The summed E-state index contributed by atoms with van der Waals surface area (Å²) in [5.74, 6) is 1.18. The first-order chi connectivity index (χ1) is 13.0. The Morgan fingerprint density at radius 3 is 2.63 bits per heavy atom. The van der Waals surface area contributed by atoms with E-state index in [2.05, 4.69) is 10.5 Å². The number of amides is 2. The summed E-state index contributed by atoms with van der Waals surface area (Å²) in [6.45, 7) is 4.99. The van der Waals surface area contributed by atoms with E-state index in [1.807, 2.05) is 30.0 Å². The third-order valence-electron chi connectivity index (χ3n) is 4.82. The Morgan fingerprint density at radius 2 is 2.00 bits per heavy atom. The molecule has 1 aromatic heterocycles. The summed E-state index contributed by atoms with van der Waals surface area (Å²) in [4.78, 5) is 26.7. The standard InChI is InChI=1S/C20H25N3O4/c1-13-4-5-18(26-3)15(10-13)12-19(24)23-8-6-16(7-9-23)21-20(25)17-11-14(2)27-22-17/h4-5,10-11,16H,6-9,12H2,1-3H3,(H,21,25). The molecule has 7 nitrogen and oxygen atoms in total. The number of carbonyl (C=O) groups excluding carboxylic acids is 2. The minimum Gasteiger partial charge on any atom is -0.496 e. The van der Waals surface area contributed by atoms with Crippen molar-refractivity contribution in [2.24, 2.45) is 0 Å². The molecule has 1 aliphatic rings. The maximum absolute atomic E-state index is 12.7. The number of ether oxygens (including phenoxy) is 1. The van der Waals surface area contributed by atoms with Crippen LogP contribution in [0, 0.1) is 13.8 Å². The Morgan fingerprint density at radius 1 is 1.26 bits per heavy atom. The highest BCUT2D eigenvalue weighted by atomic mass is 16.5. The Bertz CT molecular complexity index is 822. The maximum Gasteiger partial charge on any atom is 0.273 e. The van der Waals surface area contributed by atoms with E-state index in [1.165, 1.54) is 0 Å². The second-order valence-electron chi connectivity index (χ2n) is 6.94. The van der Waals surface area contributed by atoms with Crippen LogP contribution < -0.4 is 10.1 Å². The highest BCUT2D eigenvalue weighted by Crippen LogP contribution is 2.22. The van der Waals surface area contributed by atoms with Crippen molar-refractivity contribution < 1.29 is 18.8 Å². The molecule has 2 amide bonds. The average molecular weight is 371 g/mol. The molecule has 0 saturated carbocycles. The summed E-state index contributed by atoms with van der Waals surface area (Å²) in [7, 11) is 1.61. The minimum absolute atomic E-state index is 0.0343. The third-order valence-corrected chi connectivity index (χ3v) is 4.82. The molecule has 0 spiro atoms. The van der Waals surface area contributed by atoms with Crippen molar-refractivity contribution >= 4 is 11.8 Å². The fraction of sp³-hybridized carbons (Fsp3) is 0.450. The molecule has 0 aliphatic carbocycles. The molecule has 7 heteroatoms. The van der Waals surface area contributed by atoms with Crippen molar-refractivity contribution in [3.05, 3.63) is 46.8 Å². The Balaban J connectivity index is 1.52. The van der Waals surface area contributed by atoms with Crippen molar-refractivity contribution in [3.63, 3.8) is 0 Å². The number of carbonyl (C=O) groups is 2. The predicted octanol–water partition coefficient (Wildman–Crippen LogP) is 2.26. The normalized spacial score (nSPS) is 14.9. The van der Waals surface area contributed by atoms with Gasteiger partial charge >= 0.3 is 0 Å². The van der Waals surface area contributed by atoms with Gasteiger partial charge in [0.15, 0.2) is 5.69 Å². The molecule has 2 heterocycles. The van der Waals surface area contributed by atoms with Crippen LogP contribution in [0.4, 0.5) is 0 Å². The first-order valence-electron chi connectivity index (χ1n) is 9.11. The summed E-state index contributed by atoms with van der Waals surface area (Å²) in [5.41, 5.74) is 2.29. The lowest BCUT2D eigenvalue weighted by Gasteiger charge is -2.32. The number of methoxy groups -OCH3 is 1. The predicted molar refractivity (Wildman–Crippen MR) is 99.7 cm³/mol. The van der Waals surface area contributed by atoms with Gasteiger partial charge in [-0.2, -0.15) is 0 Å². The highest BCUT2D eigenvalue weighted by Gasteiger charge is 2.25. The fourth-order valence-corrected chi connectivity index (χ4v) is 3.33. The molecular weight excluding hydrogens is 346 g/mol. The van der Waals surface area contributed by atoms with Crippen molar-refractivity contribution in [3.8, 4) is 5.75 Å². The van der Waals surface area contributed by atoms with Crippen LogP contribution in [-0.2, 0) is 11.2 Å². The van der Waals surface area contributed by atoms with Crippen molar-refractivity contribution in [1.29, 1.82) is 0 Å². The number of aromatic nitrogens is 1. The van der Waals surface area contributed by atoms with Crippen LogP contribution >= 0.6 is 0 Å². The molecule has 3 rings (SSSR count). The average Bonchev–Trinajstić information content (AvgIpc) is 3.09. The number of nitrogens with zero attached hydrogens (tertiary/aromatic N) is 2. The molecule has 0 unspecified atom stereocenters. The topological polar surface area (TPSA) is 84.7 Å². The lowest BCUT2D eigenvalue weighted by molar-refractivity contribution is -0.131. The maximum atomic E-state index is 12.7. The van der Waals surface area contributed by atoms with Crippen LogP contribution in [0.1, 0.15) is 40.2 Å². The molecule has 1 fully saturated rings.